The fraction of sp³-hybridized carbons (Fsp3) is 0.214. The first-order valence-electron chi connectivity index (χ1n) is 5.68. The molecule has 0 atom stereocenters. The van der Waals surface area contributed by atoms with E-state index in [1.807, 2.05) is 31.3 Å². The molecule has 1 aromatic heterocycles. The normalized spacial score (nSPS) is 10.9. The zero-order chi connectivity index (χ0) is 13.0. The first kappa shape index (κ1) is 13.3. The number of benzene rings is 1. The third-order valence-corrected chi connectivity index (χ3v) is 2.95. The van der Waals surface area contributed by atoms with Crippen LogP contribution < -0.4 is 0 Å². The Labute approximate surface area is 117 Å². The van der Waals surface area contributed by atoms with Crippen molar-refractivity contribution in [3.8, 4) is 0 Å². The minimum absolute atomic E-state index is 0.436. The Bertz CT molecular complexity index is 494. The molecule has 1 heterocycles. The number of rotatable bonds is 4. The summed E-state index contributed by atoms with van der Waals surface area (Å²) >= 11 is 11.8. The molecule has 0 N–H and O–H groups in total. The highest BCUT2D eigenvalue weighted by atomic mass is 35.5. The van der Waals surface area contributed by atoms with Crippen LogP contribution in [0.5, 0.6) is 0 Å². The van der Waals surface area contributed by atoms with Gasteiger partial charge in [-0.05, 0) is 24.7 Å². The molecule has 0 saturated carbocycles. The highest BCUT2D eigenvalue weighted by Crippen LogP contribution is 2.16. The third-order valence-electron chi connectivity index (χ3n) is 2.54. The van der Waals surface area contributed by atoms with Gasteiger partial charge in [0.25, 0.3) is 0 Å². The van der Waals surface area contributed by atoms with Crippen LogP contribution in [0.25, 0.3) is 0 Å². The van der Waals surface area contributed by atoms with Gasteiger partial charge in [0, 0.05) is 18.1 Å². The standard InChI is InChI=1S/C14H14Cl2N2/c1-18(9-11-5-3-2-4-6-11)10-13-7-12(15)8-14(16)17-13/h2-8H,9-10H2,1H3. The van der Waals surface area contributed by atoms with Gasteiger partial charge in [-0.15, -0.1) is 0 Å². The van der Waals surface area contributed by atoms with E-state index in [1.165, 1.54) is 5.56 Å². The van der Waals surface area contributed by atoms with Gasteiger partial charge >= 0.3 is 0 Å². The number of aromatic nitrogens is 1. The summed E-state index contributed by atoms with van der Waals surface area (Å²) in [5.41, 5.74) is 2.15. The predicted octanol–water partition coefficient (Wildman–Crippen LogP) is 4.02. The third kappa shape index (κ3) is 3.98. The van der Waals surface area contributed by atoms with Crippen molar-refractivity contribution in [2.24, 2.45) is 0 Å². The average Bonchev–Trinajstić information content (AvgIpc) is 2.28. The lowest BCUT2D eigenvalue weighted by Gasteiger charge is -2.16. The molecule has 0 fully saturated rings. The molecule has 0 spiro atoms. The zero-order valence-electron chi connectivity index (χ0n) is 10.1. The van der Waals surface area contributed by atoms with Crippen molar-refractivity contribution < 1.29 is 0 Å². The van der Waals surface area contributed by atoms with E-state index in [2.05, 4.69) is 22.0 Å². The summed E-state index contributed by atoms with van der Waals surface area (Å²) in [4.78, 5) is 6.43. The second-order valence-corrected chi connectivity index (χ2v) is 5.08. The van der Waals surface area contributed by atoms with Crippen molar-refractivity contribution in [3.05, 3.63) is 63.9 Å². The summed E-state index contributed by atoms with van der Waals surface area (Å²) in [7, 11) is 2.05. The zero-order valence-corrected chi connectivity index (χ0v) is 11.6. The molecule has 0 saturated heterocycles. The number of hydrogen-bond acceptors (Lipinski definition) is 2. The van der Waals surface area contributed by atoms with E-state index in [9.17, 15) is 0 Å². The maximum Gasteiger partial charge on any atom is 0.130 e. The summed E-state index contributed by atoms with van der Waals surface area (Å²) in [6.07, 6.45) is 0. The van der Waals surface area contributed by atoms with E-state index in [0.29, 0.717) is 10.2 Å². The Hall–Kier alpha value is -1.09. The van der Waals surface area contributed by atoms with Gasteiger partial charge in [-0.3, -0.25) is 4.90 Å². The Morgan fingerprint density at radius 3 is 2.44 bits per heavy atom. The van der Waals surface area contributed by atoms with Gasteiger partial charge in [0.05, 0.1) is 5.69 Å². The molecule has 2 aromatic rings. The minimum atomic E-state index is 0.436. The smallest absolute Gasteiger partial charge is 0.130 e. The molecule has 94 valence electrons. The Morgan fingerprint density at radius 2 is 1.78 bits per heavy atom. The van der Waals surface area contributed by atoms with Gasteiger partial charge in [0.15, 0.2) is 0 Å². The lowest BCUT2D eigenvalue weighted by atomic mass is 10.2. The molecule has 0 amide bonds. The van der Waals surface area contributed by atoms with Crippen molar-refractivity contribution in [1.82, 2.24) is 9.88 Å². The van der Waals surface area contributed by atoms with E-state index in [4.69, 9.17) is 23.2 Å². The molecule has 2 nitrogen and oxygen atoms in total. The van der Waals surface area contributed by atoms with Crippen LogP contribution in [0.2, 0.25) is 10.2 Å². The number of hydrogen-bond donors (Lipinski definition) is 0. The summed E-state index contributed by atoms with van der Waals surface area (Å²) in [5.74, 6) is 0. The lowest BCUT2D eigenvalue weighted by Crippen LogP contribution is -2.17. The van der Waals surface area contributed by atoms with Crippen LogP contribution >= 0.6 is 23.2 Å². The maximum atomic E-state index is 5.95. The topological polar surface area (TPSA) is 16.1 Å². The summed E-state index contributed by atoms with van der Waals surface area (Å²) < 4.78 is 0. The molecule has 2 rings (SSSR count). The largest absolute Gasteiger partial charge is 0.296 e. The molecular formula is C14H14Cl2N2. The summed E-state index contributed by atoms with van der Waals surface area (Å²) in [6, 6.07) is 13.8. The molecule has 0 bridgehead atoms. The molecule has 18 heavy (non-hydrogen) atoms. The molecule has 0 unspecified atom stereocenters. The van der Waals surface area contributed by atoms with Crippen molar-refractivity contribution in [2.45, 2.75) is 13.1 Å². The predicted molar refractivity (Wildman–Crippen MR) is 75.9 cm³/mol. The van der Waals surface area contributed by atoms with Gasteiger partial charge in [0.2, 0.25) is 0 Å². The van der Waals surface area contributed by atoms with Crippen LogP contribution in [0, 0.1) is 0 Å². The van der Waals surface area contributed by atoms with Crippen LogP contribution in [0.15, 0.2) is 42.5 Å². The fourth-order valence-corrected chi connectivity index (χ4v) is 2.34. The highest BCUT2D eigenvalue weighted by molar-refractivity contribution is 6.33. The molecule has 1 aromatic carbocycles. The second-order valence-electron chi connectivity index (χ2n) is 4.26. The van der Waals surface area contributed by atoms with Crippen LogP contribution in [-0.2, 0) is 13.1 Å². The van der Waals surface area contributed by atoms with Gasteiger partial charge in [0.1, 0.15) is 5.15 Å². The lowest BCUT2D eigenvalue weighted by molar-refractivity contribution is 0.315. The molecule has 0 radical (unpaired) electrons. The monoisotopic (exact) mass is 280 g/mol. The Kier molecular flexibility index (Phi) is 4.59. The van der Waals surface area contributed by atoms with Crippen LogP contribution in [0.3, 0.4) is 0 Å². The molecule has 4 heteroatoms. The Morgan fingerprint density at radius 1 is 1.06 bits per heavy atom. The molecule has 0 aliphatic rings. The maximum absolute atomic E-state index is 5.95. The van der Waals surface area contributed by atoms with Gasteiger partial charge in [-0.25, -0.2) is 4.98 Å². The molecule has 0 aliphatic carbocycles. The van der Waals surface area contributed by atoms with Crippen molar-refractivity contribution in [1.29, 1.82) is 0 Å². The van der Waals surface area contributed by atoms with Crippen molar-refractivity contribution in [3.63, 3.8) is 0 Å². The van der Waals surface area contributed by atoms with Crippen molar-refractivity contribution >= 4 is 23.2 Å². The van der Waals surface area contributed by atoms with E-state index in [1.54, 1.807) is 6.07 Å². The SMILES string of the molecule is CN(Cc1ccccc1)Cc1cc(Cl)cc(Cl)n1. The van der Waals surface area contributed by atoms with E-state index in [0.717, 1.165) is 18.8 Å². The number of pyridine rings is 1. The average molecular weight is 281 g/mol. The molecular weight excluding hydrogens is 267 g/mol. The highest BCUT2D eigenvalue weighted by Gasteiger charge is 2.05. The van der Waals surface area contributed by atoms with Crippen molar-refractivity contribution in [2.75, 3.05) is 7.05 Å². The minimum Gasteiger partial charge on any atom is -0.296 e. The molecule has 0 aliphatic heterocycles. The fourth-order valence-electron chi connectivity index (χ4n) is 1.82. The van der Waals surface area contributed by atoms with E-state index < -0.39 is 0 Å². The van der Waals surface area contributed by atoms with E-state index in [-0.39, 0.29) is 0 Å². The quantitative estimate of drug-likeness (QED) is 0.787. The Balaban J connectivity index is 2.01. The second kappa shape index (κ2) is 6.19. The van der Waals surface area contributed by atoms with E-state index >= 15 is 0 Å². The number of halogens is 2. The summed E-state index contributed by atoms with van der Waals surface area (Å²) in [5, 5.41) is 1.06. The first-order valence-corrected chi connectivity index (χ1v) is 6.43. The number of nitrogens with zero attached hydrogens (tertiary/aromatic N) is 2. The van der Waals surface area contributed by atoms with Gasteiger partial charge in [-0.2, -0.15) is 0 Å². The summed E-state index contributed by atoms with van der Waals surface area (Å²) in [6.45, 7) is 1.59. The van der Waals surface area contributed by atoms with Crippen LogP contribution in [0.1, 0.15) is 11.3 Å². The van der Waals surface area contributed by atoms with Crippen LogP contribution in [-0.4, -0.2) is 16.9 Å². The van der Waals surface area contributed by atoms with Gasteiger partial charge < -0.3 is 0 Å². The first-order chi connectivity index (χ1) is 8.63. The van der Waals surface area contributed by atoms with Gasteiger partial charge in [-0.1, -0.05) is 53.5 Å². The van der Waals surface area contributed by atoms with Crippen LogP contribution in [0.4, 0.5) is 0 Å².